The number of methoxy groups -OCH3 is 5. The van der Waals surface area contributed by atoms with Crippen molar-refractivity contribution in [2.45, 2.75) is 0 Å². The molecule has 0 saturated carbocycles. The second-order valence-electron chi connectivity index (χ2n) is 7.74. The van der Waals surface area contributed by atoms with Crippen LogP contribution < -0.4 is 33.9 Å². The highest BCUT2D eigenvalue weighted by atomic mass is 16.5. The van der Waals surface area contributed by atoms with E-state index in [9.17, 15) is 4.79 Å². The van der Waals surface area contributed by atoms with Crippen molar-refractivity contribution in [2.75, 3.05) is 71.9 Å². The molecular weight excluding hydrogens is 454 g/mol. The Morgan fingerprint density at radius 3 is 1.94 bits per heavy atom. The number of nitrogens with one attached hydrogen (secondary N) is 1. The number of benzene rings is 2. The van der Waals surface area contributed by atoms with E-state index in [1.54, 1.807) is 31.3 Å². The Bertz CT molecular complexity index is 1190. The van der Waals surface area contributed by atoms with Crippen LogP contribution in [0.1, 0.15) is 0 Å². The fourth-order valence-electron chi connectivity index (χ4n) is 4.10. The third-order valence-electron chi connectivity index (χ3n) is 5.90. The molecule has 1 N–H and O–H groups in total. The monoisotopic (exact) mass is 483 g/mol. The quantitative estimate of drug-likeness (QED) is 0.542. The van der Waals surface area contributed by atoms with Crippen LogP contribution in [-0.2, 0) is 0 Å². The Morgan fingerprint density at radius 2 is 1.37 bits per heavy atom. The average molecular weight is 484 g/mol. The number of anilines is 2. The number of fused-ring (bicyclic) bond motifs is 1. The van der Waals surface area contributed by atoms with Gasteiger partial charge in [-0.05, 0) is 6.07 Å². The summed E-state index contributed by atoms with van der Waals surface area (Å²) in [6.45, 7) is 2.27. The third-order valence-corrected chi connectivity index (χ3v) is 5.90. The minimum atomic E-state index is -0.210. The van der Waals surface area contributed by atoms with Crippen LogP contribution in [0, 0.1) is 0 Å². The van der Waals surface area contributed by atoms with E-state index in [0.29, 0.717) is 60.6 Å². The molecule has 2 aromatic carbocycles. The van der Waals surface area contributed by atoms with Crippen molar-refractivity contribution in [3.05, 3.63) is 30.6 Å². The van der Waals surface area contributed by atoms with Crippen LogP contribution in [0.2, 0.25) is 0 Å². The van der Waals surface area contributed by atoms with E-state index < -0.39 is 0 Å². The molecule has 2 amide bonds. The second-order valence-corrected chi connectivity index (χ2v) is 7.74. The topological polar surface area (TPSA) is 108 Å². The molecule has 4 rings (SSSR count). The number of hydrogen-bond donors (Lipinski definition) is 1. The summed E-state index contributed by atoms with van der Waals surface area (Å²) < 4.78 is 26.9. The molecular formula is C24H29N5O6. The van der Waals surface area contributed by atoms with E-state index in [2.05, 4.69) is 20.2 Å². The van der Waals surface area contributed by atoms with Crippen LogP contribution in [-0.4, -0.2) is 82.6 Å². The summed E-state index contributed by atoms with van der Waals surface area (Å²) in [5.41, 5.74) is 1.31. The highest BCUT2D eigenvalue weighted by molar-refractivity contribution is 5.93. The van der Waals surface area contributed by atoms with Gasteiger partial charge in [-0.1, -0.05) is 0 Å². The molecule has 186 valence electrons. The standard InChI is InChI=1S/C24H29N5O6/c1-31-18-12-16-17(13-19(18)32-2)25-14-26-23(16)28-6-8-29(9-7-28)24(30)27-15-10-20(33-3)22(35-5)21(11-15)34-4/h10-14H,6-9H2,1-5H3,(H,27,30). The number of aromatic nitrogens is 2. The first kappa shape index (κ1) is 24.0. The zero-order valence-electron chi connectivity index (χ0n) is 20.5. The first-order valence-electron chi connectivity index (χ1n) is 11.0. The minimum absolute atomic E-state index is 0.210. The molecule has 1 aliphatic rings. The lowest BCUT2D eigenvalue weighted by atomic mass is 10.2. The van der Waals surface area contributed by atoms with Crippen molar-refractivity contribution in [1.29, 1.82) is 0 Å². The Kier molecular flexibility index (Phi) is 7.14. The Morgan fingerprint density at radius 1 is 0.771 bits per heavy atom. The SMILES string of the molecule is COc1cc2ncnc(N3CCN(C(=O)Nc4cc(OC)c(OC)c(OC)c4)CC3)c2cc1OC. The van der Waals surface area contributed by atoms with Crippen LogP contribution in [0.3, 0.4) is 0 Å². The maximum Gasteiger partial charge on any atom is 0.321 e. The van der Waals surface area contributed by atoms with Gasteiger partial charge in [-0.15, -0.1) is 0 Å². The molecule has 3 aromatic rings. The fourth-order valence-corrected chi connectivity index (χ4v) is 4.10. The minimum Gasteiger partial charge on any atom is -0.493 e. The van der Waals surface area contributed by atoms with E-state index in [1.165, 1.54) is 27.7 Å². The molecule has 1 aliphatic heterocycles. The van der Waals surface area contributed by atoms with Gasteiger partial charge < -0.3 is 38.8 Å². The van der Waals surface area contributed by atoms with Crippen LogP contribution in [0.5, 0.6) is 28.7 Å². The van der Waals surface area contributed by atoms with Crippen molar-refractivity contribution in [2.24, 2.45) is 0 Å². The predicted octanol–water partition coefficient (Wildman–Crippen LogP) is 3.03. The number of hydrogen-bond acceptors (Lipinski definition) is 9. The summed E-state index contributed by atoms with van der Waals surface area (Å²) >= 11 is 0. The van der Waals surface area contributed by atoms with Gasteiger partial charge in [0, 0.05) is 49.8 Å². The molecule has 11 nitrogen and oxygen atoms in total. The van der Waals surface area contributed by atoms with Gasteiger partial charge in [-0.2, -0.15) is 0 Å². The maximum absolute atomic E-state index is 13.0. The summed E-state index contributed by atoms with van der Waals surface area (Å²) in [7, 11) is 7.79. The number of carbonyl (C=O) groups excluding carboxylic acids is 1. The summed E-state index contributed by atoms with van der Waals surface area (Å²) in [6.07, 6.45) is 1.53. The Labute approximate surface area is 203 Å². The summed E-state index contributed by atoms with van der Waals surface area (Å²) in [6, 6.07) is 6.90. The summed E-state index contributed by atoms with van der Waals surface area (Å²) in [5.74, 6) is 3.41. The van der Waals surface area contributed by atoms with E-state index in [1.807, 2.05) is 12.1 Å². The first-order chi connectivity index (χ1) is 17.0. The van der Waals surface area contributed by atoms with Crippen molar-refractivity contribution < 1.29 is 28.5 Å². The highest BCUT2D eigenvalue weighted by Crippen LogP contribution is 2.40. The largest absolute Gasteiger partial charge is 0.493 e. The van der Waals surface area contributed by atoms with Crippen molar-refractivity contribution >= 4 is 28.4 Å². The molecule has 2 heterocycles. The lowest BCUT2D eigenvalue weighted by Crippen LogP contribution is -2.50. The van der Waals surface area contributed by atoms with E-state index >= 15 is 0 Å². The molecule has 0 atom stereocenters. The predicted molar refractivity (Wildman–Crippen MR) is 132 cm³/mol. The normalized spacial score (nSPS) is 13.4. The Hall–Kier alpha value is -4.15. The zero-order chi connectivity index (χ0) is 24.9. The molecule has 0 bridgehead atoms. The van der Waals surface area contributed by atoms with Gasteiger partial charge in [-0.25, -0.2) is 14.8 Å². The lowest BCUT2D eigenvalue weighted by Gasteiger charge is -2.35. The molecule has 1 fully saturated rings. The number of rotatable bonds is 7. The summed E-state index contributed by atoms with van der Waals surface area (Å²) in [4.78, 5) is 25.7. The zero-order valence-corrected chi connectivity index (χ0v) is 20.5. The third kappa shape index (κ3) is 4.75. The van der Waals surface area contributed by atoms with Gasteiger partial charge in [0.1, 0.15) is 12.1 Å². The van der Waals surface area contributed by atoms with Gasteiger partial charge in [-0.3, -0.25) is 0 Å². The number of nitrogens with zero attached hydrogens (tertiary/aromatic N) is 4. The van der Waals surface area contributed by atoms with E-state index in [4.69, 9.17) is 23.7 Å². The molecule has 11 heteroatoms. The number of piperazine rings is 1. The fraction of sp³-hybridized carbons (Fsp3) is 0.375. The first-order valence-corrected chi connectivity index (χ1v) is 11.0. The number of urea groups is 1. The molecule has 0 spiro atoms. The van der Waals surface area contributed by atoms with Gasteiger partial charge in [0.2, 0.25) is 5.75 Å². The van der Waals surface area contributed by atoms with Gasteiger partial charge in [0.15, 0.2) is 23.0 Å². The average Bonchev–Trinajstić information content (AvgIpc) is 2.91. The van der Waals surface area contributed by atoms with Crippen LogP contribution >= 0.6 is 0 Å². The molecule has 0 unspecified atom stereocenters. The van der Waals surface area contributed by atoms with Gasteiger partial charge in [0.25, 0.3) is 0 Å². The second kappa shape index (κ2) is 10.4. The maximum atomic E-state index is 13.0. The molecule has 0 aliphatic carbocycles. The molecule has 35 heavy (non-hydrogen) atoms. The number of ether oxygens (including phenoxy) is 5. The van der Waals surface area contributed by atoms with Crippen molar-refractivity contribution in [3.63, 3.8) is 0 Å². The van der Waals surface area contributed by atoms with Crippen LogP contribution in [0.15, 0.2) is 30.6 Å². The van der Waals surface area contributed by atoms with Gasteiger partial charge >= 0.3 is 6.03 Å². The van der Waals surface area contributed by atoms with E-state index in [-0.39, 0.29) is 6.03 Å². The lowest BCUT2D eigenvalue weighted by molar-refractivity contribution is 0.208. The number of amides is 2. The number of carbonyl (C=O) groups is 1. The summed E-state index contributed by atoms with van der Waals surface area (Å²) in [5, 5.41) is 3.78. The van der Waals surface area contributed by atoms with E-state index in [0.717, 1.165) is 16.7 Å². The molecule has 1 aromatic heterocycles. The van der Waals surface area contributed by atoms with Crippen molar-refractivity contribution in [3.8, 4) is 28.7 Å². The Balaban J connectivity index is 1.48. The van der Waals surface area contributed by atoms with Crippen LogP contribution in [0.25, 0.3) is 10.9 Å². The van der Waals surface area contributed by atoms with Gasteiger partial charge in [0.05, 0.1) is 46.8 Å². The molecule has 0 radical (unpaired) electrons. The molecule has 1 saturated heterocycles. The van der Waals surface area contributed by atoms with Crippen molar-refractivity contribution in [1.82, 2.24) is 14.9 Å². The van der Waals surface area contributed by atoms with Crippen LogP contribution in [0.4, 0.5) is 16.3 Å². The smallest absolute Gasteiger partial charge is 0.321 e. The highest BCUT2D eigenvalue weighted by Gasteiger charge is 2.24.